The van der Waals surface area contributed by atoms with E-state index in [0.29, 0.717) is 17.1 Å². The predicted octanol–water partition coefficient (Wildman–Crippen LogP) is 1.74. The summed E-state index contributed by atoms with van der Waals surface area (Å²) in [6.45, 7) is 1.70. The molecule has 0 amide bonds. The molecule has 1 aromatic heterocycles. The fraction of sp³-hybridized carbons (Fsp3) is 0.182. The van der Waals surface area contributed by atoms with Gasteiger partial charge in [-0.25, -0.2) is 8.42 Å². The van der Waals surface area contributed by atoms with E-state index >= 15 is 0 Å². The molecule has 0 spiro atoms. The Kier molecular flexibility index (Phi) is 3.93. The molecule has 1 aromatic carbocycles. The van der Waals surface area contributed by atoms with E-state index in [-0.39, 0.29) is 11.4 Å². The van der Waals surface area contributed by atoms with Crippen molar-refractivity contribution in [1.29, 1.82) is 0 Å². The van der Waals surface area contributed by atoms with Gasteiger partial charge in [-0.05, 0) is 25.1 Å². The number of halogens is 1. The molecule has 0 radical (unpaired) electrons. The number of hydrogen-bond acceptors (Lipinski definition) is 4. The van der Waals surface area contributed by atoms with Gasteiger partial charge in [0.15, 0.2) is 0 Å². The first-order chi connectivity index (χ1) is 8.94. The number of aryl methyl sites for hydroxylation is 1. The molecule has 0 saturated heterocycles. The van der Waals surface area contributed by atoms with Crippen LogP contribution in [0, 0.1) is 6.92 Å². The molecule has 1 heterocycles. The first-order valence-corrected chi connectivity index (χ1v) is 7.74. The van der Waals surface area contributed by atoms with E-state index in [2.05, 4.69) is 30.8 Å². The van der Waals surface area contributed by atoms with Gasteiger partial charge in [-0.2, -0.15) is 5.10 Å². The van der Waals surface area contributed by atoms with Crippen LogP contribution in [-0.4, -0.2) is 18.6 Å². The lowest BCUT2D eigenvalue weighted by atomic mass is 10.3. The summed E-state index contributed by atoms with van der Waals surface area (Å²) in [5.41, 5.74) is 6.75. The maximum atomic E-state index is 12.3. The highest BCUT2D eigenvalue weighted by Gasteiger charge is 2.23. The minimum absolute atomic E-state index is 0.0546. The number of nitrogens with one attached hydrogen (secondary N) is 2. The molecule has 0 aliphatic heterocycles. The zero-order chi connectivity index (χ0) is 14.0. The van der Waals surface area contributed by atoms with Crippen LogP contribution in [0.2, 0.25) is 0 Å². The lowest BCUT2D eigenvalue weighted by Gasteiger charge is -2.08. The number of benzene rings is 1. The number of sulfonamides is 1. The van der Waals surface area contributed by atoms with Crippen molar-refractivity contribution in [2.75, 3.05) is 4.72 Å². The molecule has 4 N–H and O–H groups in total. The Bertz CT molecular complexity index is 696. The Hall–Kier alpha value is -1.38. The van der Waals surface area contributed by atoms with Crippen LogP contribution < -0.4 is 10.5 Å². The van der Waals surface area contributed by atoms with Crippen LogP contribution in [0.4, 0.5) is 5.69 Å². The van der Waals surface area contributed by atoms with E-state index in [0.717, 1.165) is 4.47 Å². The van der Waals surface area contributed by atoms with Crippen LogP contribution >= 0.6 is 15.9 Å². The van der Waals surface area contributed by atoms with Crippen molar-refractivity contribution in [1.82, 2.24) is 10.2 Å². The van der Waals surface area contributed by atoms with E-state index < -0.39 is 10.0 Å². The van der Waals surface area contributed by atoms with Gasteiger partial charge < -0.3 is 5.73 Å². The highest BCUT2D eigenvalue weighted by Crippen LogP contribution is 2.22. The van der Waals surface area contributed by atoms with Crippen LogP contribution in [0.25, 0.3) is 0 Å². The van der Waals surface area contributed by atoms with Crippen LogP contribution in [0.3, 0.4) is 0 Å². The van der Waals surface area contributed by atoms with E-state index in [1.165, 1.54) is 0 Å². The number of H-pyrrole nitrogens is 1. The molecule has 19 heavy (non-hydrogen) atoms. The number of anilines is 1. The summed E-state index contributed by atoms with van der Waals surface area (Å²) < 4.78 is 28.0. The molecule has 0 fully saturated rings. The third-order valence-corrected chi connectivity index (χ3v) is 4.58. The normalized spacial score (nSPS) is 11.5. The van der Waals surface area contributed by atoms with Crippen molar-refractivity contribution in [3.63, 3.8) is 0 Å². The summed E-state index contributed by atoms with van der Waals surface area (Å²) in [5, 5.41) is 6.51. The standard InChI is InChI=1S/C11H13BrN4O2S/c1-7-11(10(6-13)15-14-7)19(17,18)16-9-4-2-3-8(12)5-9/h2-5,16H,6,13H2,1H3,(H,14,15). The quantitative estimate of drug-likeness (QED) is 0.786. The van der Waals surface area contributed by atoms with Crippen LogP contribution in [0.1, 0.15) is 11.4 Å². The SMILES string of the molecule is Cc1[nH]nc(CN)c1S(=O)(=O)Nc1cccc(Br)c1. The van der Waals surface area contributed by atoms with Gasteiger partial charge in [0, 0.05) is 16.7 Å². The molecule has 0 unspecified atom stereocenters. The van der Waals surface area contributed by atoms with E-state index in [9.17, 15) is 8.42 Å². The zero-order valence-corrected chi connectivity index (χ0v) is 12.5. The second-order valence-electron chi connectivity index (χ2n) is 3.94. The summed E-state index contributed by atoms with van der Waals surface area (Å²) in [6, 6.07) is 6.90. The molecule has 0 bridgehead atoms. The molecule has 2 aromatic rings. The van der Waals surface area contributed by atoms with Crippen molar-refractivity contribution in [3.05, 3.63) is 40.1 Å². The molecule has 2 rings (SSSR count). The Morgan fingerprint density at radius 2 is 2.21 bits per heavy atom. The molecule has 102 valence electrons. The van der Waals surface area contributed by atoms with Crippen molar-refractivity contribution < 1.29 is 8.42 Å². The maximum Gasteiger partial charge on any atom is 0.265 e. The van der Waals surface area contributed by atoms with Gasteiger partial charge in [0.25, 0.3) is 10.0 Å². The lowest BCUT2D eigenvalue weighted by Crippen LogP contribution is -2.16. The predicted molar refractivity (Wildman–Crippen MR) is 76.2 cm³/mol. The number of aromatic nitrogens is 2. The Balaban J connectivity index is 2.40. The van der Waals surface area contributed by atoms with E-state index in [4.69, 9.17) is 5.73 Å². The van der Waals surface area contributed by atoms with Crippen molar-refractivity contribution >= 4 is 31.6 Å². The Morgan fingerprint density at radius 3 is 2.84 bits per heavy atom. The first-order valence-electron chi connectivity index (χ1n) is 5.46. The monoisotopic (exact) mass is 344 g/mol. The van der Waals surface area contributed by atoms with E-state index in [1.54, 1.807) is 25.1 Å². The summed E-state index contributed by atoms with van der Waals surface area (Å²) in [5.74, 6) is 0. The largest absolute Gasteiger partial charge is 0.325 e. The van der Waals surface area contributed by atoms with Gasteiger partial charge in [0.05, 0.1) is 11.4 Å². The van der Waals surface area contributed by atoms with E-state index in [1.807, 2.05) is 6.07 Å². The molecular weight excluding hydrogens is 332 g/mol. The molecular formula is C11H13BrN4O2S. The average Bonchev–Trinajstić information content (AvgIpc) is 2.70. The number of hydrogen-bond donors (Lipinski definition) is 3. The van der Waals surface area contributed by atoms with Gasteiger partial charge in [-0.1, -0.05) is 22.0 Å². The first kappa shape index (κ1) is 14.0. The average molecular weight is 345 g/mol. The van der Waals surface area contributed by atoms with Crippen LogP contribution in [0.5, 0.6) is 0 Å². The molecule has 0 atom stereocenters. The van der Waals surface area contributed by atoms with Crippen molar-refractivity contribution in [3.8, 4) is 0 Å². The Morgan fingerprint density at radius 1 is 1.47 bits per heavy atom. The number of aromatic amines is 1. The topological polar surface area (TPSA) is 101 Å². The second-order valence-corrected chi connectivity index (χ2v) is 6.48. The smallest absolute Gasteiger partial charge is 0.265 e. The van der Waals surface area contributed by atoms with Crippen LogP contribution in [-0.2, 0) is 16.6 Å². The van der Waals surface area contributed by atoms with Crippen LogP contribution in [0.15, 0.2) is 33.6 Å². The fourth-order valence-corrected chi connectivity index (χ4v) is 3.55. The second kappa shape index (κ2) is 5.32. The lowest BCUT2D eigenvalue weighted by molar-refractivity contribution is 0.599. The van der Waals surface area contributed by atoms with Gasteiger partial charge in [-0.3, -0.25) is 9.82 Å². The molecule has 8 heteroatoms. The Labute approximate surface area is 119 Å². The summed E-state index contributed by atoms with van der Waals surface area (Å²) in [7, 11) is -3.70. The van der Waals surface area contributed by atoms with Gasteiger partial charge in [-0.15, -0.1) is 0 Å². The van der Waals surface area contributed by atoms with Gasteiger partial charge in [0.1, 0.15) is 4.90 Å². The summed E-state index contributed by atoms with van der Waals surface area (Å²) in [4.78, 5) is 0.106. The molecule has 6 nitrogen and oxygen atoms in total. The number of nitrogens with zero attached hydrogens (tertiary/aromatic N) is 1. The van der Waals surface area contributed by atoms with Gasteiger partial charge in [0.2, 0.25) is 0 Å². The third kappa shape index (κ3) is 2.96. The summed E-state index contributed by atoms with van der Waals surface area (Å²) >= 11 is 3.29. The van der Waals surface area contributed by atoms with Crippen molar-refractivity contribution in [2.24, 2.45) is 5.73 Å². The maximum absolute atomic E-state index is 12.3. The molecule has 0 saturated carbocycles. The molecule has 0 aliphatic carbocycles. The summed E-state index contributed by atoms with van der Waals surface area (Å²) in [6.07, 6.45) is 0. The number of nitrogens with two attached hydrogens (primary N) is 1. The van der Waals surface area contributed by atoms with Crippen molar-refractivity contribution in [2.45, 2.75) is 18.4 Å². The third-order valence-electron chi connectivity index (χ3n) is 2.50. The highest BCUT2D eigenvalue weighted by atomic mass is 79.9. The highest BCUT2D eigenvalue weighted by molar-refractivity contribution is 9.10. The zero-order valence-electron chi connectivity index (χ0n) is 10.1. The van der Waals surface area contributed by atoms with Gasteiger partial charge >= 0.3 is 0 Å². The minimum atomic E-state index is -3.70. The minimum Gasteiger partial charge on any atom is -0.325 e. The fourth-order valence-electron chi connectivity index (χ4n) is 1.72. The number of rotatable bonds is 4. The molecule has 0 aliphatic rings.